The third kappa shape index (κ3) is 2.74. The molecular weight excluding hydrogens is 200 g/mol. The van der Waals surface area contributed by atoms with Gasteiger partial charge < -0.3 is 9.64 Å². The summed E-state index contributed by atoms with van der Waals surface area (Å²) in [5.41, 5.74) is 0.674. The molecule has 0 amide bonds. The van der Waals surface area contributed by atoms with E-state index in [1.807, 2.05) is 12.1 Å². The molecule has 0 aromatic heterocycles. The zero-order valence-corrected chi connectivity index (χ0v) is 9.52. The lowest BCUT2D eigenvalue weighted by atomic mass is 10.1. The van der Waals surface area contributed by atoms with Crippen molar-refractivity contribution < 1.29 is 4.74 Å². The van der Waals surface area contributed by atoms with Gasteiger partial charge in [-0.1, -0.05) is 0 Å². The second kappa shape index (κ2) is 5.00. The topological polar surface area (TPSA) is 36.3 Å². The fourth-order valence-corrected chi connectivity index (χ4v) is 2.02. The molecule has 1 aromatic carbocycles. The maximum absolute atomic E-state index is 8.69. The second-order valence-electron chi connectivity index (χ2n) is 4.28. The highest BCUT2D eigenvalue weighted by Crippen LogP contribution is 2.18. The molecule has 84 valence electrons. The predicted octanol–water partition coefficient (Wildman–Crippen LogP) is 2.03. The van der Waals surface area contributed by atoms with Gasteiger partial charge in [0.05, 0.1) is 11.6 Å². The van der Waals surface area contributed by atoms with E-state index in [1.165, 1.54) is 6.42 Å². The Bertz CT molecular complexity index is 380. The summed E-state index contributed by atoms with van der Waals surface area (Å²) in [4.78, 5) is 2.29. The van der Waals surface area contributed by atoms with Gasteiger partial charge >= 0.3 is 0 Å². The molecule has 3 nitrogen and oxygen atoms in total. The first-order chi connectivity index (χ1) is 7.78. The van der Waals surface area contributed by atoms with E-state index in [4.69, 9.17) is 10.00 Å². The van der Waals surface area contributed by atoms with Crippen molar-refractivity contribution in [3.05, 3.63) is 29.8 Å². The Morgan fingerprint density at radius 3 is 2.75 bits per heavy atom. The smallest absolute Gasteiger partial charge is 0.119 e. The first kappa shape index (κ1) is 11.0. The molecule has 2 rings (SSSR count). The highest BCUT2D eigenvalue weighted by atomic mass is 16.5. The van der Waals surface area contributed by atoms with Crippen LogP contribution in [0.3, 0.4) is 0 Å². The lowest BCUT2D eigenvalue weighted by molar-refractivity contribution is 0.104. The van der Waals surface area contributed by atoms with Gasteiger partial charge in [0.15, 0.2) is 0 Å². The number of likely N-dealkylation sites (tertiary alicyclic amines) is 1. The Morgan fingerprint density at radius 1 is 1.38 bits per heavy atom. The quantitative estimate of drug-likeness (QED) is 0.759. The lowest BCUT2D eigenvalue weighted by Crippen LogP contribution is -2.38. The SMILES string of the molecule is CN1CCC[C@@H](Oc2ccc(C#N)cc2)C1. The van der Waals surface area contributed by atoms with Crippen LogP contribution in [0, 0.1) is 11.3 Å². The normalized spacial score (nSPS) is 21.4. The van der Waals surface area contributed by atoms with Gasteiger partial charge in [0.25, 0.3) is 0 Å². The molecule has 3 heteroatoms. The number of hydrogen-bond donors (Lipinski definition) is 0. The fourth-order valence-electron chi connectivity index (χ4n) is 2.02. The number of hydrogen-bond acceptors (Lipinski definition) is 3. The average Bonchev–Trinajstić information content (AvgIpc) is 2.30. The molecule has 0 aliphatic carbocycles. The van der Waals surface area contributed by atoms with Gasteiger partial charge in [0, 0.05) is 6.54 Å². The zero-order valence-electron chi connectivity index (χ0n) is 9.52. The van der Waals surface area contributed by atoms with Gasteiger partial charge in [0.2, 0.25) is 0 Å². The van der Waals surface area contributed by atoms with Crippen LogP contribution in [0.5, 0.6) is 5.75 Å². The molecule has 1 aliphatic rings. The number of rotatable bonds is 2. The maximum atomic E-state index is 8.69. The van der Waals surface area contributed by atoms with Gasteiger partial charge in [-0.15, -0.1) is 0 Å². The summed E-state index contributed by atoms with van der Waals surface area (Å²) >= 11 is 0. The summed E-state index contributed by atoms with van der Waals surface area (Å²) < 4.78 is 5.87. The van der Waals surface area contributed by atoms with E-state index in [0.29, 0.717) is 5.56 Å². The molecule has 1 aromatic rings. The van der Waals surface area contributed by atoms with E-state index < -0.39 is 0 Å². The Labute approximate surface area is 96.2 Å². The molecule has 0 spiro atoms. The maximum Gasteiger partial charge on any atom is 0.119 e. The van der Waals surface area contributed by atoms with Gasteiger partial charge in [-0.05, 0) is 50.7 Å². The van der Waals surface area contributed by atoms with E-state index in [9.17, 15) is 0 Å². The van der Waals surface area contributed by atoms with E-state index in [2.05, 4.69) is 18.0 Å². The second-order valence-corrected chi connectivity index (χ2v) is 4.28. The molecule has 0 bridgehead atoms. The van der Waals surface area contributed by atoms with Crippen LogP contribution in [0.15, 0.2) is 24.3 Å². The summed E-state index contributed by atoms with van der Waals surface area (Å²) in [7, 11) is 2.12. The number of nitrogens with zero attached hydrogens (tertiary/aromatic N) is 2. The predicted molar refractivity (Wildman–Crippen MR) is 62.3 cm³/mol. The summed E-state index contributed by atoms with van der Waals surface area (Å²) in [5.74, 6) is 0.860. The zero-order chi connectivity index (χ0) is 11.4. The van der Waals surface area contributed by atoms with Crippen molar-refractivity contribution in [1.82, 2.24) is 4.90 Å². The molecule has 0 radical (unpaired) electrons. The van der Waals surface area contributed by atoms with Gasteiger partial charge in [-0.3, -0.25) is 0 Å². The van der Waals surface area contributed by atoms with Crippen molar-refractivity contribution in [2.45, 2.75) is 18.9 Å². The minimum Gasteiger partial charge on any atom is -0.489 e. The van der Waals surface area contributed by atoms with Crippen molar-refractivity contribution in [3.63, 3.8) is 0 Å². The molecule has 0 N–H and O–H groups in total. The van der Waals surface area contributed by atoms with Gasteiger partial charge in [-0.25, -0.2) is 0 Å². The molecule has 1 saturated heterocycles. The highest BCUT2D eigenvalue weighted by Gasteiger charge is 2.18. The Morgan fingerprint density at radius 2 is 2.12 bits per heavy atom. The minimum atomic E-state index is 0.284. The summed E-state index contributed by atoms with van der Waals surface area (Å²) in [5, 5.41) is 8.69. The molecule has 16 heavy (non-hydrogen) atoms. The first-order valence-electron chi connectivity index (χ1n) is 5.63. The summed E-state index contributed by atoms with van der Waals surface area (Å²) in [6, 6.07) is 9.42. The molecule has 1 atom stereocenters. The van der Waals surface area contributed by atoms with Crippen LogP contribution in [0.4, 0.5) is 0 Å². The van der Waals surface area contributed by atoms with Crippen molar-refractivity contribution in [1.29, 1.82) is 5.26 Å². The van der Waals surface area contributed by atoms with Crippen LogP contribution >= 0.6 is 0 Å². The number of piperidine rings is 1. The first-order valence-corrected chi connectivity index (χ1v) is 5.63. The Balaban J connectivity index is 1.95. The Kier molecular flexibility index (Phi) is 3.43. The molecule has 1 aliphatic heterocycles. The van der Waals surface area contributed by atoms with Crippen LogP contribution in [-0.2, 0) is 0 Å². The third-order valence-corrected chi connectivity index (χ3v) is 2.87. The third-order valence-electron chi connectivity index (χ3n) is 2.87. The van der Waals surface area contributed by atoms with Gasteiger partial charge in [-0.2, -0.15) is 5.26 Å². The summed E-state index contributed by atoms with van der Waals surface area (Å²) in [6.45, 7) is 2.15. The molecule has 1 heterocycles. The van der Waals surface area contributed by atoms with Crippen molar-refractivity contribution in [2.75, 3.05) is 20.1 Å². The molecule has 1 fully saturated rings. The number of ether oxygens (including phenoxy) is 1. The van der Waals surface area contributed by atoms with Crippen LogP contribution in [0.2, 0.25) is 0 Å². The van der Waals surface area contributed by atoms with Crippen molar-refractivity contribution in [3.8, 4) is 11.8 Å². The monoisotopic (exact) mass is 216 g/mol. The highest BCUT2D eigenvalue weighted by molar-refractivity contribution is 5.34. The number of likely N-dealkylation sites (N-methyl/N-ethyl adjacent to an activating group) is 1. The molecule has 0 unspecified atom stereocenters. The van der Waals surface area contributed by atoms with E-state index >= 15 is 0 Å². The average molecular weight is 216 g/mol. The van der Waals surface area contributed by atoms with Crippen LogP contribution in [-0.4, -0.2) is 31.1 Å². The number of nitriles is 1. The molecule has 0 saturated carbocycles. The van der Waals surface area contributed by atoms with Crippen LogP contribution in [0.1, 0.15) is 18.4 Å². The summed E-state index contributed by atoms with van der Waals surface area (Å²) in [6.07, 6.45) is 2.59. The standard InChI is InChI=1S/C13H16N2O/c1-15-8-2-3-13(10-15)16-12-6-4-11(9-14)5-7-12/h4-7,13H,2-3,8,10H2,1H3/t13-/m1/s1. The van der Waals surface area contributed by atoms with Crippen molar-refractivity contribution in [2.24, 2.45) is 0 Å². The Hall–Kier alpha value is -1.53. The van der Waals surface area contributed by atoms with Crippen LogP contribution in [0.25, 0.3) is 0 Å². The molecular formula is C13H16N2O. The van der Waals surface area contributed by atoms with Gasteiger partial charge in [0.1, 0.15) is 11.9 Å². The largest absolute Gasteiger partial charge is 0.489 e. The van der Waals surface area contributed by atoms with E-state index in [0.717, 1.165) is 25.3 Å². The van der Waals surface area contributed by atoms with Crippen molar-refractivity contribution >= 4 is 0 Å². The number of benzene rings is 1. The van der Waals surface area contributed by atoms with Crippen LogP contribution < -0.4 is 4.74 Å². The minimum absolute atomic E-state index is 0.284. The van der Waals surface area contributed by atoms with E-state index in [1.54, 1.807) is 12.1 Å². The van der Waals surface area contributed by atoms with E-state index in [-0.39, 0.29) is 6.10 Å². The fraction of sp³-hybridized carbons (Fsp3) is 0.462. The lowest BCUT2D eigenvalue weighted by Gasteiger charge is -2.29.